The molecule has 1 aromatic rings. The predicted octanol–water partition coefficient (Wildman–Crippen LogP) is 3.72. The quantitative estimate of drug-likeness (QED) is 0.888. The van der Waals surface area contributed by atoms with Crippen molar-refractivity contribution in [2.45, 2.75) is 58.4 Å². The van der Waals surface area contributed by atoms with Gasteiger partial charge in [0.2, 0.25) is 0 Å². The highest BCUT2D eigenvalue weighted by Gasteiger charge is 2.39. The van der Waals surface area contributed by atoms with Gasteiger partial charge in [-0.3, -0.25) is 0 Å². The minimum absolute atomic E-state index is 0.620. The van der Waals surface area contributed by atoms with Crippen molar-refractivity contribution in [3.8, 4) is 0 Å². The molecule has 1 N–H and O–H groups in total. The number of likely N-dealkylation sites (N-methyl/N-ethyl adjacent to an activating group) is 1. The van der Waals surface area contributed by atoms with Crippen LogP contribution in [0.25, 0.3) is 0 Å². The molecule has 2 aliphatic rings. The fraction of sp³-hybridized carbons (Fsp3) is 0.812. The van der Waals surface area contributed by atoms with Crippen molar-refractivity contribution in [1.82, 2.24) is 10.3 Å². The summed E-state index contributed by atoms with van der Waals surface area (Å²) in [4.78, 5) is 6.08. The summed E-state index contributed by atoms with van der Waals surface area (Å²) < 4.78 is 0. The van der Waals surface area contributed by atoms with Crippen molar-refractivity contribution >= 4 is 11.3 Å². The van der Waals surface area contributed by atoms with Crippen LogP contribution in [0, 0.1) is 31.6 Å². The highest BCUT2D eigenvalue weighted by molar-refractivity contribution is 7.11. The summed E-state index contributed by atoms with van der Waals surface area (Å²) >= 11 is 1.88. The van der Waals surface area contributed by atoms with Crippen LogP contribution >= 0.6 is 11.3 Å². The fourth-order valence-corrected chi connectivity index (χ4v) is 5.18. The van der Waals surface area contributed by atoms with Gasteiger partial charge in [-0.1, -0.05) is 6.42 Å². The zero-order valence-electron chi connectivity index (χ0n) is 12.4. The van der Waals surface area contributed by atoms with E-state index in [1.807, 2.05) is 11.3 Å². The van der Waals surface area contributed by atoms with E-state index in [9.17, 15) is 0 Å². The van der Waals surface area contributed by atoms with E-state index in [0.717, 1.165) is 24.2 Å². The lowest BCUT2D eigenvalue weighted by Crippen LogP contribution is -2.31. The lowest BCUT2D eigenvalue weighted by molar-refractivity contribution is 0.281. The zero-order chi connectivity index (χ0) is 13.4. The van der Waals surface area contributed by atoms with E-state index in [0.29, 0.717) is 6.04 Å². The van der Waals surface area contributed by atoms with Crippen LogP contribution in [0.15, 0.2) is 0 Å². The molecule has 2 nitrogen and oxygen atoms in total. The first-order valence-corrected chi connectivity index (χ1v) is 8.57. The van der Waals surface area contributed by atoms with Crippen LogP contribution in [-0.4, -0.2) is 18.1 Å². The van der Waals surface area contributed by atoms with Crippen LogP contribution in [0.4, 0.5) is 0 Å². The van der Waals surface area contributed by atoms with Crippen molar-refractivity contribution in [3.63, 3.8) is 0 Å². The molecule has 0 radical (unpaired) electrons. The zero-order valence-corrected chi connectivity index (χ0v) is 13.2. The Balaban J connectivity index is 1.58. The molecule has 2 aliphatic carbocycles. The van der Waals surface area contributed by atoms with Crippen molar-refractivity contribution < 1.29 is 0 Å². The Hall–Kier alpha value is -0.410. The molecule has 3 rings (SSSR count). The Morgan fingerprint density at radius 3 is 2.68 bits per heavy atom. The summed E-state index contributed by atoms with van der Waals surface area (Å²) in [6, 6.07) is 0.620. The Kier molecular flexibility index (Phi) is 3.95. The molecule has 2 bridgehead atoms. The maximum atomic E-state index is 4.70. The van der Waals surface area contributed by atoms with Crippen LogP contribution in [0.1, 0.15) is 47.7 Å². The van der Waals surface area contributed by atoms with Crippen molar-refractivity contribution in [3.05, 3.63) is 15.6 Å². The summed E-state index contributed by atoms with van der Waals surface area (Å²) in [5, 5.41) is 4.85. The van der Waals surface area contributed by atoms with E-state index >= 15 is 0 Å². The monoisotopic (exact) mass is 278 g/mol. The third kappa shape index (κ3) is 2.87. The van der Waals surface area contributed by atoms with Gasteiger partial charge in [0.05, 0.1) is 10.7 Å². The highest BCUT2D eigenvalue weighted by atomic mass is 32.1. The second-order valence-electron chi connectivity index (χ2n) is 6.61. The Bertz CT molecular complexity index is 420. The molecule has 4 atom stereocenters. The fourth-order valence-electron chi connectivity index (χ4n) is 4.17. The summed E-state index contributed by atoms with van der Waals surface area (Å²) in [6.07, 6.45) is 8.51. The molecular weight excluding hydrogens is 252 g/mol. The van der Waals surface area contributed by atoms with Gasteiger partial charge in [0, 0.05) is 17.3 Å². The first kappa shape index (κ1) is 13.6. The Labute approximate surface area is 121 Å². The molecule has 0 saturated heterocycles. The maximum Gasteiger partial charge on any atom is 0.0946 e. The van der Waals surface area contributed by atoms with Gasteiger partial charge in [-0.05, 0) is 64.3 Å². The molecule has 1 heterocycles. The summed E-state index contributed by atoms with van der Waals surface area (Å²) in [6.45, 7) is 4.31. The number of rotatable bonds is 5. The average Bonchev–Trinajstić information content (AvgIpc) is 3.06. The van der Waals surface area contributed by atoms with E-state index in [-0.39, 0.29) is 0 Å². The van der Waals surface area contributed by atoms with E-state index in [4.69, 9.17) is 4.98 Å². The van der Waals surface area contributed by atoms with Gasteiger partial charge in [0.15, 0.2) is 0 Å². The van der Waals surface area contributed by atoms with Crippen LogP contribution in [0.3, 0.4) is 0 Å². The minimum atomic E-state index is 0.620. The number of thiazole rings is 1. The molecule has 2 fully saturated rings. The summed E-state index contributed by atoms with van der Waals surface area (Å²) in [7, 11) is 2.12. The van der Waals surface area contributed by atoms with Gasteiger partial charge in [-0.2, -0.15) is 0 Å². The van der Waals surface area contributed by atoms with Crippen molar-refractivity contribution in [1.29, 1.82) is 0 Å². The van der Waals surface area contributed by atoms with Crippen LogP contribution in [-0.2, 0) is 6.42 Å². The molecule has 0 aromatic carbocycles. The van der Waals surface area contributed by atoms with Gasteiger partial charge in [-0.15, -0.1) is 11.3 Å². The predicted molar refractivity (Wildman–Crippen MR) is 81.7 cm³/mol. The number of hydrogen-bond acceptors (Lipinski definition) is 3. The van der Waals surface area contributed by atoms with Gasteiger partial charge < -0.3 is 5.32 Å². The first-order valence-electron chi connectivity index (χ1n) is 7.76. The Morgan fingerprint density at radius 2 is 2.16 bits per heavy atom. The lowest BCUT2D eigenvalue weighted by Gasteiger charge is -2.26. The first-order chi connectivity index (χ1) is 9.15. The van der Waals surface area contributed by atoms with Gasteiger partial charge in [-0.25, -0.2) is 4.98 Å². The van der Waals surface area contributed by atoms with Crippen LogP contribution < -0.4 is 5.32 Å². The molecule has 2 saturated carbocycles. The number of aryl methyl sites for hydroxylation is 2. The Morgan fingerprint density at radius 1 is 1.32 bits per heavy atom. The number of hydrogen-bond donors (Lipinski definition) is 1. The minimum Gasteiger partial charge on any atom is -0.317 e. The van der Waals surface area contributed by atoms with E-state index in [1.165, 1.54) is 47.7 Å². The summed E-state index contributed by atoms with van der Waals surface area (Å²) in [5.41, 5.74) is 1.22. The summed E-state index contributed by atoms with van der Waals surface area (Å²) in [5.74, 6) is 3.09. The van der Waals surface area contributed by atoms with Crippen LogP contribution in [0.5, 0.6) is 0 Å². The van der Waals surface area contributed by atoms with E-state index in [2.05, 4.69) is 26.2 Å². The molecule has 0 spiro atoms. The van der Waals surface area contributed by atoms with E-state index < -0.39 is 0 Å². The molecule has 1 aromatic heterocycles. The van der Waals surface area contributed by atoms with Crippen molar-refractivity contribution in [2.24, 2.45) is 17.8 Å². The number of nitrogens with zero attached hydrogens (tertiary/aromatic N) is 1. The molecular formula is C16H26N2S. The molecule has 3 heteroatoms. The average molecular weight is 278 g/mol. The molecule has 19 heavy (non-hydrogen) atoms. The topological polar surface area (TPSA) is 24.9 Å². The third-order valence-electron chi connectivity index (χ3n) is 5.37. The molecule has 106 valence electrons. The largest absolute Gasteiger partial charge is 0.317 e. The highest BCUT2D eigenvalue weighted by Crippen LogP contribution is 2.50. The molecule has 4 unspecified atom stereocenters. The molecule has 0 amide bonds. The standard InChI is InChI=1S/C16H26N2S/c1-10-11(2)19-16(18-10)9-15(17-3)8-14-7-12-4-5-13(14)6-12/h12-15,17H,4-9H2,1-3H3. The smallest absolute Gasteiger partial charge is 0.0946 e. The number of aromatic nitrogens is 1. The van der Waals surface area contributed by atoms with E-state index in [1.54, 1.807) is 0 Å². The maximum absolute atomic E-state index is 4.70. The second kappa shape index (κ2) is 5.53. The van der Waals surface area contributed by atoms with Gasteiger partial charge >= 0.3 is 0 Å². The number of fused-ring (bicyclic) bond motifs is 2. The van der Waals surface area contributed by atoms with Gasteiger partial charge in [0.1, 0.15) is 0 Å². The van der Waals surface area contributed by atoms with Crippen molar-refractivity contribution in [2.75, 3.05) is 7.05 Å². The van der Waals surface area contributed by atoms with Gasteiger partial charge in [0.25, 0.3) is 0 Å². The second-order valence-corrected chi connectivity index (χ2v) is 7.90. The normalized spacial score (nSPS) is 31.0. The SMILES string of the molecule is CNC(Cc1nc(C)c(C)s1)CC1CC2CCC1C2. The number of nitrogens with one attached hydrogen (secondary N) is 1. The van der Waals surface area contributed by atoms with Crippen LogP contribution in [0.2, 0.25) is 0 Å². The third-order valence-corrected chi connectivity index (χ3v) is 6.47. The molecule has 0 aliphatic heterocycles. The lowest BCUT2D eigenvalue weighted by atomic mass is 9.83.